The molecule has 0 spiro atoms. The summed E-state index contributed by atoms with van der Waals surface area (Å²) in [6.07, 6.45) is 0. The molecule has 0 atom stereocenters. The first kappa shape index (κ1) is 11.3. The van der Waals surface area contributed by atoms with Gasteiger partial charge in [-0.1, -0.05) is 17.9 Å². The molecular formula is C12H13NO2. The maximum Gasteiger partial charge on any atom is 0.251 e. The molecule has 0 radical (unpaired) electrons. The quantitative estimate of drug-likeness (QED) is 0.660. The number of hydrogen-bond donors (Lipinski definition) is 2. The van der Waals surface area contributed by atoms with Crippen molar-refractivity contribution in [3.05, 3.63) is 34.9 Å². The van der Waals surface area contributed by atoms with E-state index in [9.17, 15) is 4.79 Å². The lowest BCUT2D eigenvalue weighted by atomic mass is 10.0. The Morgan fingerprint density at radius 1 is 1.53 bits per heavy atom. The summed E-state index contributed by atoms with van der Waals surface area (Å²) in [6, 6.07) is 5.31. The third-order valence-electron chi connectivity index (χ3n) is 2.03. The third kappa shape index (κ3) is 2.83. The van der Waals surface area contributed by atoms with Gasteiger partial charge in [0.25, 0.3) is 5.91 Å². The lowest BCUT2D eigenvalue weighted by Gasteiger charge is -2.02. The second kappa shape index (κ2) is 5.18. The Hall–Kier alpha value is -1.79. The molecule has 1 amide bonds. The molecule has 3 nitrogen and oxygen atoms in total. The highest BCUT2D eigenvalue weighted by atomic mass is 16.2. The minimum atomic E-state index is -0.177. The summed E-state index contributed by atoms with van der Waals surface area (Å²) >= 11 is 0. The highest BCUT2D eigenvalue weighted by molar-refractivity contribution is 5.94. The summed E-state index contributed by atoms with van der Waals surface area (Å²) in [5, 5.41) is 11.1. The number of amides is 1. The molecule has 78 valence electrons. The lowest BCUT2D eigenvalue weighted by Crippen LogP contribution is -2.17. The number of nitrogens with one attached hydrogen (secondary N) is 1. The normalized spacial score (nSPS) is 9.00. The van der Waals surface area contributed by atoms with Gasteiger partial charge in [0, 0.05) is 18.2 Å². The molecule has 0 bridgehead atoms. The predicted molar refractivity (Wildman–Crippen MR) is 58.5 cm³/mol. The number of carbonyl (C=O) groups is 1. The molecular weight excluding hydrogens is 190 g/mol. The Bertz CT molecular complexity index is 427. The van der Waals surface area contributed by atoms with Crippen molar-refractivity contribution < 1.29 is 9.90 Å². The zero-order valence-electron chi connectivity index (χ0n) is 8.79. The largest absolute Gasteiger partial charge is 0.384 e. The van der Waals surface area contributed by atoms with Gasteiger partial charge in [-0.3, -0.25) is 4.79 Å². The minimum Gasteiger partial charge on any atom is -0.384 e. The van der Waals surface area contributed by atoms with Gasteiger partial charge in [0.15, 0.2) is 0 Å². The predicted octanol–water partition coefficient (Wildman–Crippen LogP) is 0.698. The zero-order valence-corrected chi connectivity index (χ0v) is 8.79. The maximum absolute atomic E-state index is 11.3. The lowest BCUT2D eigenvalue weighted by molar-refractivity contribution is 0.0963. The Balaban J connectivity index is 3.10. The van der Waals surface area contributed by atoms with E-state index in [1.807, 2.05) is 13.0 Å². The number of aliphatic hydroxyl groups excluding tert-OH is 1. The Morgan fingerprint density at radius 3 is 2.87 bits per heavy atom. The summed E-state index contributed by atoms with van der Waals surface area (Å²) in [6.45, 7) is 1.73. The molecule has 0 unspecified atom stereocenters. The van der Waals surface area contributed by atoms with Gasteiger partial charge < -0.3 is 10.4 Å². The van der Waals surface area contributed by atoms with Crippen molar-refractivity contribution in [1.29, 1.82) is 0 Å². The second-order valence-electron chi connectivity index (χ2n) is 3.07. The van der Waals surface area contributed by atoms with Crippen molar-refractivity contribution in [3.8, 4) is 11.8 Å². The van der Waals surface area contributed by atoms with Crippen LogP contribution in [0, 0.1) is 18.8 Å². The molecule has 1 aromatic rings. The third-order valence-corrected chi connectivity index (χ3v) is 2.03. The monoisotopic (exact) mass is 203 g/mol. The molecule has 2 N–H and O–H groups in total. The summed E-state index contributed by atoms with van der Waals surface area (Å²) < 4.78 is 0. The van der Waals surface area contributed by atoms with Gasteiger partial charge in [0.1, 0.15) is 6.61 Å². The topological polar surface area (TPSA) is 49.3 Å². The van der Waals surface area contributed by atoms with Gasteiger partial charge in [-0.05, 0) is 24.6 Å². The van der Waals surface area contributed by atoms with E-state index in [0.717, 1.165) is 11.1 Å². The van der Waals surface area contributed by atoms with E-state index in [2.05, 4.69) is 17.2 Å². The molecule has 0 aromatic heterocycles. The first-order valence-electron chi connectivity index (χ1n) is 4.61. The van der Waals surface area contributed by atoms with Crippen LogP contribution in [-0.2, 0) is 0 Å². The first-order chi connectivity index (χ1) is 7.19. The van der Waals surface area contributed by atoms with Gasteiger partial charge >= 0.3 is 0 Å². The molecule has 0 aliphatic rings. The van der Waals surface area contributed by atoms with Crippen molar-refractivity contribution in [1.82, 2.24) is 5.32 Å². The highest BCUT2D eigenvalue weighted by Gasteiger charge is 2.04. The SMILES string of the molecule is CNC(=O)c1ccc(C)c(C#CCO)c1. The van der Waals surface area contributed by atoms with Gasteiger partial charge in [-0.15, -0.1) is 0 Å². The maximum atomic E-state index is 11.3. The van der Waals surface area contributed by atoms with E-state index in [0.29, 0.717) is 5.56 Å². The van der Waals surface area contributed by atoms with E-state index in [1.54, 1.807) is 19.2 Å². The van der Waals surface area contributed by atoms with Gasteiger partial charge in [0.05, 0.1) is 0 Å². The van der Waals surface area contributed by atoms with E-state index in [4.69, 9.17) is 5.11 Å². The number of aliphatic hydroxyl groups is 1. The van der Waals surface area contributed by atoms with Crippen LogP contribution in [-0.4, -0.2) is 24.7 Å². The minimum absolute atomic E-state index is 0.137. The molecule has 15 heavy (non-hydrogen) atoms. The van der Waals surface area contributed by atoms with Crippen LogP contribution in [0.2, 0.25) is 0 Å². The fourth-order valence-corrected chi connectivity index (χ4v) is 1.18. The molecule has 1 rings (SSSR count). The Morgan fingerprint density at radius 2 is 2.27 bits per heavy atom. The number of rotatable bonds is 1. The van der Waals surface area contributed by atoms with Gasteiger partial charge in [0.2, 0.25) is 0 Å². The van der Waals surface area contributed by atoms with Gasteiger partial charge in [-0.25, -0.2) is 0 Å². The van der Waals surface area contributed by atoms with Crippen LogP contribution in [0.5, 0.6) is 0 Å². The van der Waals surface area contributed by atoms with Gasteiger partial charge in [-0.2, -0.15) is 0 Å². The molecule has 3 heteroatoms. The fraction of sp³-hybridized carbons (Fsp3) is 0.250. The summed E-state index contributed by atoms with van der Waals surface area (Å²) in [4.78, 5) is 11.3. The van der Waals surface area contributed by atoms with Crippen molar-refractivity contribution in [3.63, 3.8) is 0 Å². The summed E-state index contributed by atoms with van der Waals surface area (Å²) in [7, 11) is 1.58. The average Bonchev–Trinajstić information content (AvgIpc) is 2.27. The van der Waals surface area contributed by atoms with Crippen molar-refractivity contribution in [2.45, 2.75) is 6.92 Å². The smallest absolute Gasteiger partial charge is 0.251 e. The number of hydrogen-bond acceptors (Lipinski definition) is 2. The van der Waals surface area contributed by atoms with Crippen LogP contribution in [0.3, 0.4) is 0 Å². The van der Waals surface area contributed by atoms with Crippen molar-refractivity contribution in [2.24, 2.45) is 0 Å². The van der Waals surface area contributed by atoms with Crippen molar-refractivity contribution >= 4 is 5.91 Å². The summed E-state index contributed by atoms with van der Waals surface area (Å²) in [5.41, 5.74) is 2.33. The molecule has 0 fully saturated rings. The molecule has 1 aromatic carbocycles. The van der Waals surface area contributed by atoms with Crippen LogP contribution in [0.1, 0.15) is 21.5 Å². The zero-order chi connectivity index (χ0) is 11.3. The standard InChI is InChI=1S/C12H13NO2/c1-9-5-6-11(12(15)13-2)8-10(9)4-3-7-14/h5-6,8,14H,7H2,1-2H3,(H,13,15). The Labute approximate surface area is 89.1 Å². The van der Waals surface area contributed by atoms with E-state index in [1.165, 1.54) is 0 Å². The Kier molecular flexibility index (Phi) is 3.90. The molecule has 0 heterocycles. The average molecular weight is 203 g/mol. The molecule has 0 saturated carbocycles. The van der Waals surface area contributed by atoms with Crippen LogP contribution >= 0.6 is 0 Å². The fourth-order valence-electron chi connectivity index (χ4n) is 1.18. The van der Waals surface area contributed by atoms with Crippen LogP contribution < -0.4 is 5.32 Å². The molecule has 0 saturated heterocycles. The van der Waals surface area contributed by atoms with E-state index < -0.39 is 0 Å². The van der Waals surface area contributed by atoms with Crippen molar-refractivity contribution in [2.75, 3.05) is 13.7 Å². The van der Waals surface area contributed by atoms with Crippen LogP contribution in [0.4, 0.5) is 0 Å². The van der Waals surface area contributed by atoms with Crippen LogP contribution in [0.25, 0.3) is 0 Å². The molecule has 0 aliphatic heterocycles. The van der Waals surface area contributed by atoms with Crippen LogP contribution in [0.15, 0.2) is 18.2 Å². The first-order valence-corrected chi connectivity index (χ1v) is 4.61. The van der Waals surface area contributed by atoms with E-state index >= 15 is 0 Å². The second-order valence-corrected chi connectivity index (χ2v) is 3.07. The number of carbonyl (C=O) groups excluding carboxylic acids is 1. The highest BCUT2D eigenvalue weighted by Crippen LogP contribution is 2.09. The summed E-state index contributed by atoms with van der Waals surface area (Å²) in [5.74, 6) is 5.23. The number of aryl methyl sites for hydroxylation is 1. The number of benzene rings is 1. The van der Waals surface area contributed by atoms with E-state index in [-0.39, 0.29) is 12.5 Å². The molecule has 0 aliphatic carbocycles.